The van der Waals surface area contributed by atoms with Crippen LogP contribution in [0.3, 0.4) is 0 Å². The van der Waals surface area contributed by atoms with Crippen LogP contribution < -0.4 is 0 Å². The van der Waals surface area contributed by atoms with Gasteiger partial charge in [-0.3, -0.25) is 4.79 Å². The summed E-state index contributed by atoms with van der Waals surface area (Å²) in [4.78, 5) is 43.2. The van der Waals surface area contributed by atoms with Gasteiger partial charge in [-0.2, -0.15) is 0 Å². The summed E-state index contributed by atoms with van der Waals surface area (Å²) in [6.07, 6.45) is 1.13. The summed E-state index contributed by atoms with van der Waals surface area (Å²) in [5.74, 6) is -3.62. The van der Waals surface area contributed by atoms with Gasteiger partial charge in [0.25, 0.3) is 0 Å². The zero-order valence-corrected chi connectivity index (χ0v) is 26.0. The number of esters is 1. The van der Waals surface area contributed by atoms with E-state index in [-0.39, 0.29) is 6.61 Å². The number of carboxylic acids is 3. The van der Waals surface area contributed by atoms with Crippen LogP contribution >= 0.6 is 0 Å². The van der Waals surface area contributed by atoms with Gasteiger partial charge in [0.05, 0.1) is 28.7 Å². The predicted octanol–water partition coefficient (Wildman–Crippen LogP) is 7.08. The minimum atomic E-state index is -0.892. The normalized spacial score (nSPS) is 11.0. The number of aryl methyl sites for hydroxylation is 3. The number of ether oxygens (including phenoxy) is 2. The van der Waals surface area contributed by atoms with E-state index in [9.17, 15) is 19.2 Å². The summed E-state index contributed by atoms with van der Waals surface area (Å²) in [6.45, 7) is 11.7. The smallest absolute Gasteiger partial charge is 0.338 e. The molecule has 0 saturated heterocycles. The molecule has 0 amide bonds. The standard InChI is InChI=1S/C15H20O5.2C8H8O2.C3H8/c1-10-4-6-12(7-5-10)15(18)20-9-13(19-3)8-11(2)14(16)17;2*1-6-2-4-7(5-3-6)8(9)10;1-3-2/h4-7,11,13H,8-9H2,1-3H3,(H,16,17);2*2-5H,1H3,(H,9,10);3H2,1-2H3/t11-,13?;;;/m0.../s1. The first-order valence-corrected chi connectivity index (χ1v) is 13.8. The van der Waals surface area contributed by atoms with Gasteiger partial charge in [-0.05, 0) is 63.6 Å². The van der Waals surface area contributed by atoms with Crippen molar-refractivity contribution >= 4 is 23.9 Å². The predicted molar refractivity (Wildman–Crippen MR) is 166 cm³/mol. The lowest BCUT2D eigenvalue weighted by Crippen LogP contribution is -2.26. The van der Waals surface area contributed by atoms with Crippen LogP contribution in [-0.2, 0) is 14.3 Å². The van der Waals surface area contributed by atoms with E-state index in [1.807, 2.05) is 32.9 Å². The van der Waals surface area contributed by atoms with E-state index in [4.69, 9.17) is 24.8 Å². The Balaban J connectivity index is 0.000000641. The van der Waals surface area contributed by atoms with E-state index in [0.717, 1.165) is 16.7 Å². The molecule has 2 atom stereocenters. The Labute approximate surface area is 254 Å². The van der Waals surface area contributed by atoms with Crippen molar-refractivity contribution in [1.82, 2.24) is 0 Å². The molecule has 0 spiro atoms. The number of benzene rings is 3. The molecule has 0 radical (unpaired) electrons. The minimum absolute atomic E-state index is 0.0425. The van der Waals surface area contributed by atoms with E-state index in [2.05, 4.69) is 13.8 Å². The molecule has 0 aromatic heterocycles. The van der Waals surface area contributed by atoms with Crippen molar-refractivity contribution in [2.24, 2.45) is 5.92 Å². The van der Waals surface area contributed by atoms with Crippen LogP contribution in [0.1, 0.15) is 81.4 Å². The highest BCUT2D eigenvalue weighted by molar-refractivity contribution is 5.89. The third kappa shape index (κ3) is 17.1. The first-order chi connectivity index (χ1) is 20.2. The Morgan fingerprint density at radius 3 is 1.26 bits per heavy atom. The van der Waals surface area contributed by atoms with Crippen LogP contribution in [-0.4, -0.2) is 59.0 Å². The zero-order chi connectivity index (χ0) is 32.9. The molecule has 0 aliphatic heterocycles. The highest BCUT2D eigenvalue weighted by Gasteiger charge is 2.20. The van der Waals surface area contributed by atoms with Crippen LogP contribution in [0.5, 0.6) is 0 Å². The van der Waals surface area contributed by atoms with Crippen LogP contribution in [0.15, 0.2) is 72.8 Å². The molecule has 3 aromatic rings. The number of hydrogen-bond donors (Lipinski definition) is 3. The maximum absolute atomic E-state index is 11.8. The monoisotopic (exact) mass is 596 g/mol. The second-order valence-corrected chi connectivity index (χ2v) is 9.85. The van der Waals surface area contributed by atoms with Crippen molar-refractivity contribution in [3.63, 3.8) is 0 Å². The van der Waals surface area contributed by atoms with Gasteiger partial charge in [0, 0.05) is 7.11 Å². The quantitative estimate of drug-likeness (QED) is 0.220. The molecule has 9 nitrogen and oxygen atoms in total. The van der Waals surface area contributed by atoms with E-state index < -0.39 is 35.9 Å². The van der Waals surface area contributed by atoms with E-state index in [0.29, 0.717) is 23.1 Å². The van der Waals surface area contributed by atoms with Gasteiger partial charge >= 0.3 is 23.9 Å². The molecule has 3 aromatic carbocycles. The van der Waals surface area contributed by atoms with E-state index in [1.165, 1.54) is 13.5 Å². The third-order valence-corrected chi connectivity index (χ3v) is 5.66. The fourth-order valence-corrected chi connectivity index (χ4v) is 3.06. The lowest BCUT2D eigenvalue weighted by molar-refractivity contribution is -0.142. The Kier molecular flexibility index (Phi) is 19.0. The summed E-state index contributed by atoms with van der Waals surface area (Å²) < 4.78 is 10.3. The number of aromatic carboxylic acids is 2. The van der Waals surface area contributed by atoms with Crippen LogP contribution in [0, 0.1) is 26.7 Å². The molecule has 0 heterocycles. The zero-order valence-electron chi connectivity index (χ0n) is 26.0. The molecule has 43 heavy (non-hydrogen) atoms. The minimum Gasteiger partial charge on any atom is -0.481 e. The molecular weight excluding hydrogens is 552 g/mol. The maximum Gasteiger partial charge on any atom is 0.338 e. The molecule has 0 bridgehead atoms. The molecule has 3 N–H and O–H groups in total. The van der Waals surface area contributed by atoms with Crippen molar-refractivity contribution in [2.45, 2.75) is 60.5 Å². The Morgan fingerprint density at radius 2 is 0.977 bits per heavy atom. The third-order valence-electron chi connectivity index (χ3n) is 5.66. The second-order valence-electron chi connectivity index (χ2n) is 9.85. The second kappa shape index (κ2) is 21.2. The highest BCUT2D eigenvalue weighted by atomic mass is 16.6. The van der Waals surface area contributed by atoms with E-state index in [1.54, 1.807) is 67.6 Å². The molecule has 3 rings (SSSR count). The van der Waals surface area contributed by atoms with Crippen LogP contribution in [0.2, 0.25) is 0 Å². The lowest BCUT2D eigenvalue weighted by atomic mass is 10.0. The molecule has 9 heteroatoms. The van der Waals surface area contributed by atoms with Crippen LogP contribution in [0.4, 0.5) is 0 Å². The molecule has 0 aliphatic carbocycles. The number of carbonyl (C=O) groups is 4. The van der Waals surface area contributed by atoms with Crippen molar-refractivity contribution < 1.29 is 44.0 Å². The van der Waals surface area contributed by atoms with Gasteiger partial charge < -0.3 is 24.8 Å². The number of rotatable bonds is 9. The molecule has 1 unspecified atom stereocenters. The lowest BCUT2D eigenvalue weighted by Gasteiger charge is -2.17. The fourth-order valence-electron chi connectivity index (χ4n) is 3.06. The SMILES string of the molecule is CCC.COC(COC(=O)c1ccc(C)cc1)C[C@H](C)C(=O)O.Cc1ccc(C(=O)O)cc1.Cc1ccc(C(=O)O)cc1. The fraction of sp³-hybridized carbons (Fsp3) is 0.353. The molecule has 0 aliphatic rings. The highest BCUT2D eigenvalue weighted by Crippen LogP contribution is 2.11. The largest absolute Gasteiger partial charge is 0.481 e. The summed E-state index contributed by atoms with van der Waals surface area (Å²) in [5.41, 5.74) is 4.36. The van der Waals surface area contributed by atoms with Gasteiger partial charge in [0.15, 0.2) is 0 Å². The van der Waals surface area contributed by atoms with Crippen molar-refractivity contribution in [3.8, 4) is 0 Å². The van der Waals surface area contributed by atoms with Crippen molar-refractivity contribution in [1.29, 1.82) is 0 Å². The first-order valence-electron chi connectivity index (χ1n) is 13.8. The van der Waals surface area contributed by atoms with Gasteiger partial charge in [-0.1, -0.05) is 80.3 Å². The number of methoxy groups -OCH3 is 1. The molecular formula is C34H44O9. The summed E-state index contributed by atoms with van der Waals surface area (Å²) in [5, 5.41) is 25.8. The van der Waals surface area contributed by atoms with E-state index >= 15 is 0 Å². The average molecular weight is 597 g/mol. The maximum atomic E-state index is 11.8. The number of carboxylic acid groups (broad SMARTS) is 3. The van der Waals surface area contributed by atoms with Gasteiger partial charge in [-0.25, -0.2) is 14.4 Å². The number of carbonyl (C=O) groups excluding carboxylic acids is 1. The van der Waals surface area contributed by atoms with Gasteiger partial charge in [0.1, 0.15) is 6.61 Å². The van der Waals surface area contributed by atoms with Crippen molar-refractivity contribution in [3.05, 3.63) is 106 Å². The molecule has 0 fully saturated rings. The average Bonchev–Trinajstić information content (AvgIpc) is 2.97. The van der Waals surface area contributed by atoms with Crippen LogP contribution in [0.25, 0.3) is 0 Å². The Bertz CT molecular complexity index is 1190. The number of aliphatic carboxylic acids is 1. The molecule has 234 valence electrons. The first kappa shape index (κ1) is 38.5. The Hall–Kier alpha value is -4.50. The topological polar surface area (TPSA) is 147 Å². The van der Waals surface area contributed by atoms with Gasteiger partial charge in [-0.15, -0.1) is 0 Å². The van der Waals surface area contributed by atoms with Crippen molar-refractivity contribution in [2.75, 3.05) is 13.7 Å². The summed E-state index contributed by atoms with van der Waals surface area (Å²) in [6, 6.07) is 20.6. The summed E-state index contributed by atoms with van der Waals surface area (Å²) >= 11 is 0. The Morgan fingerprint density at radius 1 is 0.651 bits per heavy atom. The summed E-state index contributed by atoms with van der Waals surface area (Å²) in [7, 11) is 1.47. The molecule has 0 saturated carbocycles. The van der Waals surface area contributed by atoms with Gasteiger partial charge in [0.2, 0.25) is 0 Å². The number of hydrogen-bond acceptors (Lipinski definition) is 6.